The quantitative estimate of drug-likeness (QED) is 0.726. The van der Waals surface area contributed by atoms with Crippen LogP contribution in [0.5, 0.6) is 0 Å². The maximum absolute atomic E-state index is 11.8. The highest BCUT2D eigenvalue weighted by Crippen LogP contribution is 2.17. The first-order chi connectivity index (χ1) is 9.60. The zero-order valence-electron chi connectivity index (χ0n) is 11.7. The predicted molar refractivity (Wildman–Crippen MR) is 75.2 cm³/mol. The number of amides is 2. The van der Waals surface area contributed by atoms with Gasteiger partial charge in [-0.05, 0) is 39.0 Å². The third kappa shape index (κ3) is 5.31. The van der Waals surface area contributed by atoms with Gasteiger partial charge in [-0.1, -0.05) is 11.6 Å². The third-order valence-corrected chi connectivity index (χ3v) is 2.45. The van der Waals surface area contributed by atoms with E-state index in [0.29, 0.717) is 0 Å². The van der Waals surface area contributed by atoms with E-state index >= 15 is 0 Å². The second-order valence-electron chi connectivity index (χ2n) is 5.08. The fraction of sp³-hybridized carbons (Fsp3) is 0.308. The molecule has 0 spiro atoms. The number of carbonyl (C=O) groups excluding carboxylic acids is 2. The molecule has 0 radical (unpaired) electrons. The molecule has 0 heterocycles. The Bertz CT molecular complexity index is 580. The van der Waals surface area contributed by atoms with Crippen molar-refractivity contribution < 1.29 is 24.2 Å². The zero-order chi connectivity index (χ0) is 16.2. The number of carboxylic acids is 1. The van der Waals surface area contributed by atoms with Crippen molar-refractivity contribution in [2.75, 3.05) is 0 Å². The minimum Gasteiger partial charge on any atom is -0.478 e. The van der Waals surface area contributed by atoms with Gasteiger partial charge in [0.25, 0.3) is 5.91 Å². The maximum atomic E-state index is 11.8. The minimum atomic E-state index is -1.20. The van der Waals surface area contributed by atoms with Crippen LogP contribution in [0.3, 0.4) is 0 Å². The molecule has 2 amide bonds. The molecule has 0 aliphatic heterocycles. The molecule has 0 bridgehead atoms. The van der Waals surface area contributed by atoms with E-state index in [-0.39, 0.29) is 16.1 Å². The monoisotopic (exact) mass is 314 g/mol. The standard InChI is InChI=1S/C13H15ClN2O5/c1-13(2,3)21-12(20)16-15-10(17)7-4-5-8(11(18)19)9(14)6-7/h4-6H,1-3H3,(H,15,17)(H,16,20)(H,18,19). The van der Waals surface area contributed by atoms with Gasteiger partial charge in [0.15, 0.2) is 0 Å². The van der Waals surface area contributed by atoms with Crippen molar-refractivity contribution in [1.29, 1.82) is 0 Å². The Hall–Kier alpha value is -2.28. The van der Waals surface area contributed by atoms with Gasteiger partial charge in [-0.2, -0.15) is 0 Å². The summed E-state index contributed by atoms with van der Waals surface area (Å²) >= 11 is 5.75. The van der Waals surface area contributed by atoms with E-state index in [1.807, 2.05) is 0 Å². The van der Waals surface area contributed by atoms with E-state index in [0.717, 1.165) is 0 Å². The molecule has 1 rings (SSSR count). The molecule has 0 unspecified atom stereocenters. The lowest BCUT2D eigenvalue weighted by atomic mass is 10.1. The number of carbonyl (C=O) groups is 3. The first-order valence-corrected chi connectivity index (χ1v) is 6.30. The van der Waals surface area contributed by atoms with Gasteiger partial charge in [-0.25, -0.2) is 15.0 Å². The van der Waals surface area contributed by atoms with Gasteiger partial charge in [0.2, 0.25) is 0 Å². The van der Waals surface area contributed by atoms with Crippen LogP contribution < -0.4 is 10.9 Å². The number of hydrogen-bond acceptors (Lipinski definition) is 4. The Morgan fingerprint density at radius 2 is 1.81 bits per heavy atom. The van der Waals surface area contributed by atoms with Gasteiger partial charge in [0.1, 0.15) is 5.60 Å². The molecule has 0 aromatic heterocycles. The topological polar surface area (TPSA) is 105 Å². The maximum Gasteiger partial charge on any atom is 0.426 e. The molecule has 1 aromatic carbocycles. The molecule has 0 fully saturated rings. The zero-order valence-corrected chi connectivity index (χ0v) is 12.4. The number of halogens is 1. The molecule has 7 nitrogen and oxygen atoms in total. The van der Waals surface area contributed by atoms with E-state index < -0.39 is 23.6 Å². The molecular formula is C13H15ClN2O5. The fourth-order valence-corrected chi connectivity index (χ4v) is 1.57. The van der Waals surface area contributed by atoms with Crippen molar-refractivity contribution in [2.24, 2.45) is 0 Å². The second kappa shape index (κ2) is 6.45. The number of rotatable bonds is 2. The lowest BCUT2D eigenvalue weighted by Gasteiger charge is -2.19. The SMILES string of the molecule is CC(C)(C)OC(=O)NNC(=O)c1ccc(C(=O)O)c(Cl)c1. The molecule has 1 aromatic rings. The van der Waals surface area contributed by atoms with Crippen LogP contribution in [0.25, 0.3) is 0 Å². The van der Waals surface area contributed by atoms with E-state index in [1.54, 1.807) is 20.8 Å². The van der Waals surface area contributed by atoms with Crippen LogP contribution in [0.2, 0.25) is 5.02 Å². The summed E-state index contributed by atoms with van der Waals surface area (Å²) in [5.74, 6) is -1.85. The Kier molecular flexibility index (Phi) is 5.15. The van der Waals surface area contributed by atoms with Crippen molar-refractivity contribution in [1.82, 2.24) is 10.9 Å². The van der Waals surface area contributed by atoms with Crippen molar-refractivity contribution >= 4 is 29.6 Å². The third-order valence-electron chi connectivity index (χ3n) is 2.14. The minimum absolute atomic E-state index is 0.0765. The van der Waals surface area contributed by atoms with Crippen LogP contribution in [-0.4, -0.2) is 28.7 Å². The summed E-state index contributed by atoms with van der Waals surface area (Å²) in [5, 5.41) is 8.74. The van der Waals surface area contributed by atoms with Crippen LogP contribution in [0.4, 0.5) is 4.79 Å². The summed E-state index contributed by atoms with van der Waals surface area (Å²) in [6.07, 6.45) is -0.816. The summed E-state index contributed by atoms with van der Waals surface area (Å²) in [5.41, 5.74) is 3.49. The molecule has 8 heteroatoms. The lowest BCUT2D eigenvalue weighted by Crippen LogP contribution is -2.44. The number of aromatic carboxylic acids is 1. The van der Waals surface area contributed by atoms with Crippen LogP contribution in [0.15, 0.2) is 18.2 Å². The molecule has 21 heavy (non-hydrogen) atoms. The number of benzene rings is 1. The highest BCUT2D eigenvalue weighted by Gasteiger charge is 2.17. The second-order valence-corrected chi connectivity index (χ2v) is 5.49. The van der Waals surface area contributed by atoms with Crippen molar-refractivity contribution in [2.45, 2.75) is 26.4 Å². The smallest absolute Gasteiger partial charge is 0.426 e. The van der Waals surface area contributed by atoms with Gasteiger partial charge >= 0.3 is 12.1 Å². The summed E-state index contributed by atoms with van der Waals surface area (Å²) in [4.78, 5) is 33.9. The number of carboxylic acid groups (broad SMARTS) is 1. The molecule has 0 aliphatic rings. The average molecular weight is 315 g/mol. The molecular weight excluding hydrogens is 300 g/mol. The molecule has 114 valence electrons. The Balaban J connectivity index is 2.67. The fourth-order valence-electron chi connectivity index (χ4n) is 1.31. The van der Waals surface area contributed by atoms with Gasteiger partial charge in [0.05, 0.1) is 10.6 Å². The van der Waals surface area contributed by atoms with Crippen LogP contribution in [0.1, 0.15) is 41.5 Å². The highest BCUT2D eigenvalue weighted by atomic mass is 35.5. The molecule has 0 atom stereocenters. The van der Waals surface area contributed by atoms with E-state index in [1.165, 1.54) is 18.2 Å². The number of ether oxygens (including phenoxy) is 1. The largest absolute Gasteiger partial charge is 0.478 e. The Morgan fingerprint density at radius 1 is 1.19 bits per heavy atom. The summed E-state index contributed by atoms with van der Waals surface area (Å²) in [6.45, 7) is 5.04. The predicted octanol–water partition coefficient (Wildman–Crippen LogP) is 2.21. The van der Waals surface area contributed by atoms with Gasteiger partial charge in [-0.3, -0.25) is 10.2 Å². The molecule has 0 aliphatic carbocycles. The normalized spacial score (nSPS) is 10.7. The van der Waals surface area contributed by atoms with Gasteiger partial charge in [-0.15, -0.1) is 0 Å². The van der Waals surface area contributed by atoms with Gasteiger partial charge in [0, 0.05) is 5.56 Å². The molecule has 0 saturated heterocycles. The highest BCUT2D eigenvalue weighted by molar-refractivity contribution is 6.33. The van der Waals surface area contributed by atoms with Gasteiger partial charge < -0.3 is 9.84 Å². The van der Waals surface area contributed by atoms with Crippen molar-refractivity contribution in [3.8, 4) is 0 Å². The summed E-state index contributed by atoms with van der Waals surface area (Å²) < 4.78 is 4.93. The van der Waals surface area contributed by atoms with E-state index in [4.69, 9.17) is 21.4 Å². The first kappa shape index (κ1) is 16.8. The lowest BCUT2D eigenvalue weighted by molar-refractivity contribution is 0.0483. The first-order valence-electron chi connectivity index (χ1n) is 5.92. The Morgan fingerprint density at radius 3 is 2.29 bits per heavy atom. The number of hydrazine groups is 1. The number of hydrogen-bond donors (Lipinski definition) is 3. The summed E-state index contributed by atoms with van der Waals surface area (Å²) in [6, 6.07) is 3.67. The molecule has 0 saturated carbocycles. The van der Waals surface area contributed by atoms with E-state index in [2.05, 4.69) is 10.9 Å². The van der Waals surface area contributed by atoms with E-state index in [9.17, 15) is 14.4 Å². The van der Waals surface area contributed by atoms with Crippen LogP contribution >= 0.6 is 11.6 Å². The molecule has 3 N–H and O–H groups in total. The Labute approximate surface area is 126 Å². The van der Waals surface area contributed by atoms with Crippen LogP contribution in [0, 0.1) is 0 Å². The average Bonchev–Trinajstić information content (AvgIpc) is 2.33. The summed E-state index contributed by atoms with van der Waals surface area (Å²) in [7, 11) is 0. The van der Waals surface area contributed by atoms with Crippen molar-refractivity contribution in [3.63, 3.8) is 0 Å². The number of nitrogens with one attached hydrogen (secondary N) is 2. The van der Waals surface area contributed by atoms with Crippen LogP contribution in [-0.2, 0) is 4.74 Å². The van der Waals surface area contributed by atoms with Crippen molar-refractivity contribution in [3.05, 3.63) is 34.3 Å².